The molecule has 40 heavy (non-hydrogen) atoms. The molecule has 0 saturated carbocycles. The number of aliphatic hydroxyl groups is 6. The van der Waals surface area contributed by atoms with E-state index in [4.69, 9.17) is 14.6 Å². The normalized spacial score (nSPS) is 34.1. The first kappa shape index (κ1) is 32.7. The predicted octanol–water partition coefficient (Wildman–Crippen LogP) is -4.84. The molecule has 2 saturated heterocycles. The molecule has 1 aromatic heterocycles. The van der Waals surface area contributed by atoms with Gasteiger partial charge in [-0.2, -0.15) is 0 Å². The lowest BCUT2D eigenvalue weighted by molar-refractivity contribution is -0.0630. The summed E-state index contributed by atoms with van der Waals surface area (Å²) < 4.78 is 67.7. The van der Waals surface area contributed by atoms with Crippen LogP contribution in [0.4, 0.5) is 0 Å². The predicted molar refractivity (Wildman–Crippen MR) is 126 cm³/mol. The Morgan fingerprint density at radius 2 is 1.77 bits per heavy atom. The maximum absolute atomic E-state index is 12.9. The van der Waals surface area contributed by atoms with E-state index in [1.807, 2.05) is 4.98 Å². The molecular formula is C17H26N2O18P2S. The van der Waals surface area contributed by atoms with Crippen LogP contribution >= 0.6 is 15.4 Å². The van der Waals surface area contributed by atoms with Crippen molar-refractivity contribution in [1.29, 1.82) is 0 Å². The van der Waals surface area contributed by atoms with E-state index in [1.54, 1.807) is 0 Å². The van der Waals surface area contributed by atoms with E-state index in [-0.39, 0.29) is 0 Å². The van der Waals surface area contributed by atoms with Crippen molar-refractivity contribution in [3.8, 4) is 0 Å². The summed E-state index contributed by atoms with van der Waals surface area (Å²) in [6, 6.07) is 0.896. The van der Waals surface area contributed by atoms with E-state index in [0.29, 0.717) is 10.8 Å². The number of hydrogen-bond acceptors (Lipinski definition) is 16. The Labute approximate surface area is 223 Å². The van der Waals surface area contributed by atoms with Crippen molar-refractivity contribution in [1.82, 2.24) is 9.55 Å². The lowest BCUT2D eigenvalue weighted by atomic mass is 10.1. The molecule has 0 spiro atoms. The molecule has 1 aromatic rings. The number of phosphoric ester groups is 1. The molecule has 3 rings (SSSR count). The highest BCUT2D eigenvalue weighted by atomic mass is 32.2. The smallest absolute Gasteiger partial charge is 0.479 e. The van der Waals surface area contributed by atoms with Crippen LogP contribution in [0, 0.1) is 0 Å². The Kier molecular flexibility index (Phi) is 9.66. The Hall–Kier alpha value is -1.81. The van der Waals surface area contributed by atoms with Gasteiger partial charge in [-0.15, -0.1) is 0 Å². The minimum Gasteiger partial charge on any atom is -0.485 e. The first-order valence-corrected chi connectivity index (χ1v) is 15.9. The first-order valence-electron chi connectivity index (χ1n) is 10.9. The molecule has 2 aliphatic heterocycles. The number of aliphatic hydroxyl groups excluding tert-OH is 6. The van der Waals surface area contributed by atoms with Gasteiger partial charge >= 0.3 is 21.1 Å². The molecule has 2 aliphatic rings. The molecule has 23 heteroatoms. The van der Waals surface area contributed by atoms with Gasteiger partial charge in [0.1, 0.15) is 36.6 Å². The van der Waals surface area contributed by atoms with E-state index in [1.165, 1.54) is 0 Å². The number of ether oxygens (including phenoxy) is 2. The second-order valence-corrected chi connectivity index (χ2v) is 14.2. The number of H-pyrrole nitrogens is 1. The van der Waals surface area contributed by atoms with E-state index >= 15 is 0 Å². The van der Waals surface area contributed by atoms with Crippen LogP contribution in [0.3, 0.4) is 0 Å². The van der Waals surface area contributed by atoms with Crippen molar-refractivity contribution in [2.75, 3.05) is 19.5 Å². The molecule has 2 unspecified atom stereocenters. The molecule has 2 fully saturated rings. The summed E-state index contributed by atoms with van der Waals surface area (Å²) in [6.07, 6.45) is -14.0. The first-order chi connectivity index (χ1) is 18.3. The Morgan fingerprint density at radius 3 is 2.33 bits per heavy atom. The Morgan fingerprint density at radius 1 is 1.15 bits per heavy atom. The molecule has 3 heterocycles. The summed E-state index contributed by atoms with van der Waals surface area (Å²) >= 11 is 0. The zero-order valence-electron chi connectivity index (χ0n) is 20.1. The van der Waals surface area contributed by atoms with E-state index < -0.39 is 109 Å². The van der Waals surface area contributed by atoms with E-state index in [9.17, 15) is 62.5 Å². The zero-order valence-corrected chi connectivity index (χ0v) is 22.7. The summed E-state index contributed by atoms with van der Waals surface area (Å²) in [5.74, 6) is -1.31. The standard InChI is InChI=1S/C17H26N2O18P2S/c1-40(32,33)16(14-11(25)10(24)13(36-14)6(21)4-20)38(28,29)37-39(30,31)34-5-7-9(23)12(26)15(35-7)19-3-2-8(22)18-17(19)27/h2-3,6-7,9-13,15,20-21,23-26H,4-5H2,1H3,(H,28,29)(H,30,31)(H,18,22,27)/b16-14+/t6-,7-,9-,10-,11-,12-,13+,15-/m1/s1. The fraction of sp³-hybridized carbons (Fsp3) is 0.647. The largest absolute Gasteiger partial charge is 0.485 e. The van der Waals surface area contributed by atoms with Gasteiger partial charge in [0.2, 0.25) is 0 Å². The van der Waals surface area contributed by atoms with Crippen LogP contribution in [0.5, 0.6) is 0 Å². The SMILES string of the molecule is CS(=O)(=O)/C(=C1/O[C@@H]([C@H](O)CO)[C@H](O)[C@H]1O)P(=O)(O)OP(=O)(O)OC[C@H]1O[C@@H](n2ccc(=O)[nH]c2=O)[C@H](O)[C@@H]1O. The fourth-order valence-electron chi connectivity index (χ4n) is 3.83. The minimum absolute atomic E-state index is 0.325. The topological polar surface area (TPSA) is 322 Å². The van der Waals surface area contributed by atoms with E-state index in [2.05, 4.69) is 8.83 Å². The van der Waals surface area contributed by atoms with Crippen molar-refractivity contribution in [2.45, 2.75) is 49.0 Å². The molecular weight excluding hydrogens is 614 g/mol. The van der Waals surface area contributed by atoms with Gasteiger partial charge in [0, 0.05) is 18.5 Å². The number of nitrogens with zero attached hydrogens (tertiary/aromatic N) is 1. The monoisotopic (exact) mass is 640 g/mol. The number of nitrogens with one attached hydrogen (secondary N) is 1. The number of aromatic nitrogens is 2. The number of phosphoric acid groups is 1. The van der Waals surface area contributed by atoms with Gasteiger partial charge in [-0.1, -0.05) is 0 Å². The van der Waals surface area contributed by atoms with Gasteiger partial charge in [-0.3, -0.25) is 23.4 Å². The molecule has 0 bridgehead atoms. The summed E-state index contributed by atoms with van der Waals surface area (Å²) in [5.41, 5.74) is -1.83. The van der Waals surface area contributed by atoms with Crippen LogP contribution in [0.1, 0.15) is 6.23 Å². The summed E-state index contributed by atoms with van der Waals surface area (Å²) in [7, 11) is -16.7. The van der Waals surface area contributed by atoms with Crippen LogP contribution in [0.2, 0.25) is 0 Å². The maximum atomic E-state index is 12.9. The molecule has 0 aromatic carbocycles. The highest BCUT2D eigenvalue weighted by Gasteiger charge is 2.52. The molecule has 0 radical (unpaired) electrons. The average molecular weight is 640 g/mol. The fourth-order valence-corrected chi connectivity index (χ4v) is 8.75. The van der Waals surface area contributed by atoms with Crippen molar-refractivity contribution >= 4 is 25.3 Å². The highest BCUT2D eigenvalue weighted by Crippen LogP contribution is 2.66. The van der Waals surface area contributed by atoms with Crippen molar-refractivity contribution in [3.63, 3.8) is 0 Å². The molecule has 9 N–H and O–H groups in total. The number of sulfone groups is 1. The summed E-state index contributed by atoms with van der Waals surface area (Å²) in [4.78, 5) is 45.4. The number of rotatable bonds is 10. The molecule has 228 valence electrons. The second kappa shape index (κ2) is 11.8. The average Bonchev–Trinajstić information content (AvgIpc) is 3.26. The van der Waals surface area contributed by atoms with E-state index in [0.717, 1.165) is 12.3 Å². The molecule has 0 amide bonds. The van der Waals surface area contributed by atoms with Crippen molar-refractivity contribution < 1.29 is 76.3 Å². The summed E-state index contributed by atoms with van der Waals surface area (Å²) in [6.45, 7) is -2.18. The number of aromatic amines is 1. The van der Waals surface area contributed by atoms with Crippen LogP contribution in [-0.4, -0.2) is 121 Å². The minimum atomic E-state index is -6.00. The number of hydrogen-bond donors (Lipinski definition) is 9. The Balaban J connectivity index is 1.81. The third-order valence-corrected chi connectivity index (χ3v) is 11.2. The van der Waals surface area contributed by atoms with Crippen LogP contribution < -0.4 is 11.2 Å². The van der Waals surface area contributed by atoms with Crippen molar-refractivity contribution in [3.05, 3.63) is 43.5 Å². The van der Waals surface area contributed by atoms with Gasteiger partial charge in [0.15, 0.2) is 32.6 Å². The van der Waals surface area contributed by atoms with Crippen LogP contribution in [0.15, 0.2) is 32.3 Å². The van der Waals surface area contributed by atoms with Gasteiger partial charge in [-0.25, -0.2) is 22.1 Å². The lowest BCUT2D eigenvalue weighted by Gasteiger charge is -2.21. The van der Waals surface area contributed by atoms with Crippen LogP contribution in [-0.2, 0) is 37.3 Å². The molecule has 20 nitrogen and oxygen atoms in total. The van der Waals surface area contributed by atoms with Gasteiger partial charge < -0.3 is 49.9 Å². The van der Waals surface area contributed by atoms with Gasteiger partial charge in [-0.05, 0) is 0 Å². The second-order valence-electron chi connectivity index (χ2n) is 8.64. The van der Waals surface area contributed by atoms with Crippen LogP contribution in [0.25, 0.3) is 0 Å². The lowest BCUT2D eigenvalue weighted by Crippen LogP contribution is -2.40. The van der Waals surface area contributed by atoms with Gasteiger partial charge in [0.05, 0.1) is 13.2 Å². The zero-order chi connectivity index (χ0) is 30.4. The maximum Gasteiger partial charge on any atom is 0.479 e. The quantitative estimate of drug-likeness (QED) is 0.108. The Bertz CT molecular complexity index is 1460. The van der Waals surface area contributed by atoms with Gasteiger partial charge in [0.25, 0.3) is 5.56 Å². The van der Waals surface area contributed by atoms with Crippen molar-refractivity contribution in [2.24, 2.45) is 0 Å². The third kappa shape index (κ3) is 6.80. The molecule has 10 atom stereocenters. The highest BCUT2D eigenvalue weighted by molar-refractivity contribution is 8.03. The third-order valence-electron chi connectivity index (χ3n) is 5.66. The molecule has 0 aliphatic carbocycles. The summed E-state index contributed by atoms with van der Waals surface area (Å²) in [5, 5.41) is 59.3.